The predicted molar refractivity (Wildman–Crippen MR) is 114 cm³/mol. The van der Waals surface area contributed by atoms with Crippen LogP contribution in [0.1, 0.15) is 35.0 Å². The van der Waals surface area contributed by atoms with Gasteiger partial charge in [-0.1, -0.05) is 91.0 Å². The van der Waals surface area contributed by atoms with Crippen molar-refractivity contribution in [3.8, 4) is 0 Å². The molecule has 3 aromatic carbocycles. The van der Waals surface area contributed by atoms with E-state index in [4.69, 9.17) is 14.2 Å². The molecule has 0 fully saturated rings. The third kappa shape index (κ3) is 5.76. The molecule has 0 aliphatic rings. The molecule has 1 N–H and O–H groups in total. The lowest BCUT2D eigenvalue weighted by molar-refractivity contribution is -0.170. The van der Waals surface area contributed by atoms with Crippen LogP contribution in [0.4, 0.5) is 0 Å². The smallest absolute Gasteiger partial charge is 0.340 e. The topological polar surface area (TPSA) is 65.0 Å². The molecule has 30 heavy (non-hydrogen) atoms. The molecular formula is C25H26O5. The molecule has 0 saturated carbocycles. The van der Waals surface area contributed by atoms with E-state index in [-0.39, 0.29) is 0 Å². The molecule has 0 aliphatic heterocycles. The zero-order chi connectivity index (χ0) is 21.2. The average Bonchev–Trinajstić information content (AvgIpc) is 2.82. The molecule has 0 amide bonds. The molecule has 0 radical (unpaired) electrons. The molecule has 5 nitrogen and oxygen atoms in total. The van der Waals surface area contributed by atoms with Gasteiger partial charge >= 0.3 is 5.97 Å². The molecule has 3 aromatic rings. The summed E-state index contributed by atoms with van der Waals surface area (Å²) < 4.78 is 17.1. The van der Waals surface area contributed by atoms with Crippen molar-refractivity contribution in [2.75, 3.05) is 20.3 Å². The van der Waals surface area contributed by atoms with Crippen LogP contribution in [0, 0.1) is 0 Å². The SMILES string of the molecule is COCCO[C@@H](c1ccccc1)[C@H](OC(=O)[C@@H](O)c1ccccc1)c1ccccc1. The summed E-state index contributed by atoms with van der Waals surface area (Å²) in [6, 6.07) is 27.7. The van der Waals surface area contributed by atoms with E-state index in [0.717, 1.165) is 11.1 Å². The fourth-order valence-corrected chi connectivity index (χ4v) is 3.17. The minimum atomic E-state index is -1.38. The van der Waals surface area contributed by atoms with Crippen LogP contribution < -0.4 is 0 Å². The van der Waals surface area contributed by atoms with Crippen LogP contribution in [-0.4, -0.2) is 31.4 Å². The number of ether oxygens (including phenoxy) is 3. The molecule has 0 bridgehead atoms. The van der Waals surface area contributed by atoms with Gasteiger partial charge in [-0.3, -0.25) is 0 Å². The summed E-state index contributed by atoms with van der Waals surface area (Å²) in [6.45, 7) is 0.740. The molecular weight excluding hydrogens is 380 g/mol. The maximum absolute atomic E-state index is 12.8. The second-order valence-corrected chi connectivity index (χ2v) is 6.78. The van der Waals surface area contributed by atoms with Crippen LogP contribution in [-0.2, 0) is 19.0 Å². The predicted octanol–water partition coefficient (Wildman–Crippen LogP) is 4.41. The molecule has 5 heteroatoms. The molecule has 3 rings (SSSR count). The van der Waals surface area contributed by atoms with Gasteiger partial charge in [0.05, 0.1) is 13.2 Å². The quantitative estimate of drug-likeness (QED) is 0.399. The Bertz CT molecular complexity index is 883. The first-order valence-electron chi connectivity index (χ1n) is 9.84. The van der Waals surface area contributed by atoms with Crippen LogP contribution in [0.5, 0.6) is 0 Å². The van der Waals surface area contributed by atoms with Gasteiger partial charge in [-0.25, -0.2) is 4.79 Å². The normalized spacial score (nSPS) is 13.9. The Kier molecular flexibility index (Phi) is 8.15. The van der Waals surface area contributed by atoms with Crippen molar-refractivity contribution >= 4 is 5.97 Å². The number of aliphatic hydroxyl groups excluding tert-OH is 1. The number of methoxy groups -OCH3 is 1. The standard InChI is InChI=1S/C25H26O5/c1-28-17-18-29-23(20-13-7-3-8-14-20)24(21-15-9-4-10-16-21)30-25(27)22(26)19-11-5-2-6-12-19/h2-16,22-24,26H,17-18H2,1H3/t22-,23-,24+/m0/s1. The van der Waals surface area contributed by atoms with Crippen molar-refractivity contribution in [3.05, 3.63) is 108 Å². The van der Waals surface area contributed by atoms with Crippen LogP contribution in [0.2, 0.25) is 0 Å². The van der Waals surface area contributed by atoms with Gasteiger partial charge in [-0.2, -0.15) is 0 Å². The number of carbonyl (C=O) groups excluding carboxylic acids is 1. The van der Waals surface area contributed by atoms with Crippen molar-refractivity contribution in [1.82, 2.24) is 0 Å². The highest BCUT2D eigenvalue weighted by molar-refractivity contribution is 5.76. The highest BCUT2D eigenvalue weighted by Gasteiger charge is 2.32. The van der Waals surface area contributed by atoms with Crippen molar-refractivity contribution < 1.29 is 24.1 Å². The summed E-state index contributed by atoms with van der Waals surface area (Å²) in [7, 11) is 1.60. The molecule has 0 heterocycles. The van der Waals surface area contributed by atoms with E-state index < -0.39 is 24.3 Å². The molecule has 0 unspecified atom stereocenters. The fourth-order valence-electron chi connectivity index (χ4n) is 3.17. The van der Waals surface area contributed by atoms with E-state index in [1.165, 1.54) is 0 Å². The highest BCUT2D eigenvalue weighted by Crippen LogP contribution is 2.36. The zero-order valence-corrected chi connectivity index (χ0v) is 16.9. The Hall–Kier alpha value is -2.99. The van der Waals surface area contributed by atoms with Crippen LogP contribution in [0.15, 0.2) is 91.0 Å². The Labute approximate surface area is 176 Å². The van der Waals surface area contributed by atoms with Crippen LogP contribution >= 0.6 is 0 Å². The number of hydrogen-bond acceptors (Lipinski definition) is 5. The molecule has 0 saturated heterocycles. The minimum absolute atomic E-state index is 0.332. The third-order valence-electron chi connectivity index (χ3n) is 4.70. The first-order valence-corrected chi connectivity index (χ1v) is 9.84. The lowest BCUT2D eigenvalue weighted by Gasteiger charge is -2.29. The average molecular weight is 406 g/mol. The van der Waals surface area contributed by atoms with E-state index >= 15 is 0 Å². The number of aliphatic hydroxyl groups is 1. The molecule has 0 aliphatic carbocycles. The number of rotatable bonds is 10. The Morgan fingerprint density at radius 2 is 1.20 bits per heavy atom. The van der Waals surface area contributed by atoms with Gasteiger partial charge in [-0.05, 0) is 16.7 Å². The van der Waals surface area contributed by atoms with Gasteiger partial charge in [0, 0.05) is 7.11 Å². The van der Waals surface area contributed by atoms with E-state index in [2.05, 4.69) is 0 Å². The van der Waals surface area contributed by atoms with Crippen LogP contribution in [0.3, 0.4) is 0 Å². The lowest BCUT2D eigenvalue weighted by atomic mass is 9.97. The summed E-state index contributed by atoms with van der Waals surface area (Å²) in [5.74, 6) is -0.730. The molecule has 0 aromatic heterocycles. The van der Waals surface area contributed by atoms with Gasteiger partial charge in [0.1, 0.15) is 6.10 Å². The van der Waals surface area contributed by atoms with Gasteiger partial charge in [0.15, 0.2) is 12.2 Å². The largest absolute Gasteiger partial charge is 0.452 e. The first kappa shape index (κ1) is 21.7. The summed E-state index contributed by atoms with van der Waals surface area (Å²) in [5, 5.41) is 10.5. The lowest BCUT2D eigenvalue weighted by Crippen LogP contribution is -2.25. The number of benzene rings is 3. The summed E-state index contributed by atoms with van der Waals surface area (Å²) in [5.41, 5.74) is 2.12. The van der Waals surface area contributed by atoms with Gasteiger partial charge in [-0.15, -0.1) is 0 Å². The summed E-state index contributed by atoms with van der Waals surface area (Å²) >= 11 is 0. The number of hydrogen-bond donors (Lipinski definition) is 1. The molecule has 0 spiro atoms. The second kappa shape index (κ2) is 11.3. The fraction of sp³-hybridized carbons (Fsp3) is 0.240. The Morgan fingerprint density at radius 3 is 1.70 bits per heavy atom. The molecule has 3 atom stereocenters. The molecule has 156 valence electrons. The third-order valence-corrected chi connectivity index (χ3v) is 4.70. The van der Waals surface area contributed by atoms with Crippen molar-refractivity contribution in [2.45, 2.75) is 18.3 Å². The van der Waals surface area contributed by atoms with Crippen molar-refractivity contribution in [1.29, 1.82) is 0 Å². The van der Waals surface area contributed by atoms with Gasteiger partial charge in [0.25, 0.3) is 0 Å². The zero-order valence-electron chi connectivity index (χ0n) is 16.9. The minimum Gasteiger partial charge on any atom is -0.452 e. The monoisotopic (exact) mass is 406 g/mol. The van der Waals surface area contributed by atoms with Crippen molar-refractivity contribution in [3.63, 3.8) is 0 Å². The maximum atomic E-state index is 12.8. The number of esters is 1. The highest BCUT2D eigenvalue weighted by atomic mass is 16.6. The van der Waals surface area contributed by atoms with E-state index in [0.29, 0.717) is 18.8 Å². The van der Waals surface area contributed by atoms with E-state index in [1.807, 2.05) is 66.7 Å². The van der Waals surface area contributed by atoms with Gasteiger partial charge in [0.2, 0.25) is 0 Å². The summed E-state index contributed by atoms with van der Waals surface area (Å²) in [6.07, 6.45) is -2.68. The second-order valence-electron chi connectivity index (χ2n) is 6.78. The Balaban J connectivity index is 1.91. The Morgan fingerprint density at radius 1 is 0.733 bits per heavy atom. The summed E-state index contributed by atoms with van der Waals surface area (Å²) in [4.78, 5) is 12.8. The maximum Gasteiger partial charge on any atom is 0.340 e. The van der Waals surface area contributed by atoms with E-state index in [9.17, 15) is 9.90 Å². The van der Waals surface area contributed by atoms with Crippen molar-refractivity contribution in [2.24, 2.45) is 0 Å². The number of carbonyl (C=O) groups is 1. The van der Waals surface area contributed by atoms with Gasteiger partial charge < -0.3 is 19.3 Å². The van der Waals surface area contributed by atoms with E-state index in [1.54, 1.807) is 31.4 Å². The van der Waals surface area contributed by atoms with Crippen LogP contribution in [0.25, 0.3) is 0 Å². The first-order chi connectivity index (χ1) is 14.7.